The van der Waals surface area contributed by atoms with Crippen LogP contribution in [0.4, 0.5) is 0 Å². The first-order valence-corrected chi connectivity index (χ1v) is 6.53. The Labute approximate surface area is 106 Å². The normalized spacial score (nSPS) is 29.2. The predicted octanol–water partition coefficient (Wildman–Crippen LogP) is 2.90. The van der Waals surface area contributed by atoms with E-state index in [-0.39, 0.29) is 11.2 Å². The molecule has 0 radical (unpaired) electrons. The maximum atomic E-state index is 5.72. The molecule has 0 amide bonds. The lowest BCUT2D eigenvalue weighted by Gasteiger charge is -2.38. The van der Waals surface area contributed by atoms with Crippen molar-refractivity contribution in [3.05, 3.63) is 30.3 Å². The van der Waals surface area contributed by atoms with Crippen LogP contribution in [0.5, 0.6) is 0 Å². The molecule has 2 atom stereocenters. The Morgan fingerprint density at radius 3 is 2.71 bits per heavy atom. The minimum absolute atomic E-state index is 0.167. The van der Waals surface area contributed by atoms with Crippen LogP contribution in [0.2, 0.25) is 0 Å². The molecular formula is C13H18O3S. The van der Waals surface area contributed by atoms with Gasteiger partial charge in [0.05, 0.1) is 6.61 Å². The molecular weight excluding hydrogens is 236 g/mol. The molecule has 0 saturated carbocycles. The van der Waals surface area contributed by atoms with Crippen molar-refractivity contribution in [2.45, 2.75) is 29.0 Å². The summed E-state index contributed by atoms with van der Waals surface area (Å²) in [6.45, 7) is 0.673. The topological polar surface area (TPSA) is 27.7 Å². The molecule has 17 heavy (non-hydrogen) atoms. The molecule has 1 aromatic carbocycles. The SMILES string of the molecule is COC1CC(OC)(Sc2ccccc2)CCO1. The van der Waals surface area contributed by atoms with Gasteiger partial charge in [0.15, 0.2) is 6.29 Å². The van der Waals surface area contributed by atoms with Crippen LogP contribution >= 0.6 is 11.8 Å². The van der Waals surface area contributed by atoms with E-state index < -0.39 is 0 Å². The van der Waals surface area contributed by atoms with Gasteiger partial charge in [0.2, 0.25) is 0 Å². The van der Waals surface area contributed by atoms with E-state index in [1.165, 1.54) is 4.90 Å². The van der Waals surface area contributed by atoms with Crippen molar-refractivity contribution in [2.75, 3.05) is 20.8 Å². The molecule has 1 aliphatic rings. The molecule has 0 bridgehead atoms. The lowest BCUT2D eigenvalue weighted by molar-refractivity contribution is -0.183. The van der Waals surface area contributed by atoms with Gasteiger partial charge in [-0.3, -0.25) is 0 Å². The molecule has 1 saturated heterocycles. The number of rotatable bonds is 4. The van der Waals surface area contributed by atoms with Gasteiger partial charge in [0, 0.05) is 32.0 Å². The summed E-state index contributed by atoms with van der Waals surface area (Å²) < 4.78 is 16.5. The Morgan fingerprint density at radius 2 is 2.06 bits per heavy atom. The average Bonchev–Trinajstić information content (AvgIpc) is 2.40. The van der Waals surface area contributed by atoms with E-state index in [2.05, 4.69) is 12.1 Å². The molecule has 1 heterocycles. The Hall–Kier alpha value is -0.550. The monoisotopic (exact) mass is 254 g/mol. The Balaban J connectivity index is 2.08. The van der Waals surface area contributed by atoms with Gasteiger partial charge in [-0.25, -0.2) is 0 Å². The van der Waals surface area contributed by atoms with E-state index in [1.807, 2.05) is 18.2 Å². The molecule has 2 rings (SSSR count). The summed E-state index contributed by atoms with van der Waals surface area (Å²) in [5.41, 5.74) is 0. The highest BCUT2D eigenvalue weighted by atomic mass is 32.2. The van der Waals surface area contributed by atoms with Crippen LogP contribution in [0, 0.1) is 0 Å². The van der Waals surface area contributed by atoms with Crippen LogP contribution in [-0.2, 0) is 14.2 Å². The van der Waals surface area contributed by atoms with Crippen LogP contribution in [-0.4, -0.2) is 32.0 Å². The van der Waals surface area contributed by atoms with Gasteiger partial charge in [-0.05, 0) is 12.1 Å². The highest BCUT2D eigenvalue weighted by molar-refractivity contribution is 8.00. The zero-order chi connectivity index (χ0) is 12.1. The van der Waals surface area contributed by atoms with E-state index in [1.54, 1.807) is 26.0 Å². The fourth-order valence-electron chi connectivity index (χ4n) is 1.94. The van der Waals surface area contributed by atoms with E-state index in [4.69, 9.17) is 14.2 Å². The number of ether oxygens (including phenoxy) is 3. The van der Waals surface area contributed by atoms with Crippen molar-refractivity contribution in [1.82, 2.24) is 0 Å². The Morgan fingerprint density at radius 1 is 1.29 bits per heavy atom. The first-order chi connectivity index (χ1) is 8.28. The molecule has 4 heteroatoms. The van der Waals surface area contributed by atoms with E-state index in [0.717, 1.165) is 12.8 Å². The van der Waals surface area contributed by atoms with Crippen LogP contribution in [0.3, 0.4) is 0 Å². The van der Waals surface area contributed by atoms with Gasteiger partial charge < -0.3 is 14.2 Å². The summed E-state index contributed by atoms with van der Waals surface area (Å²) in [6, 6.07) is 10.3. The third-order valence-corrected chi connectivity index (χ3v) is 4.36. The Bertz CT molecular complexity index is 344. The highest BCUT2D eigenvalue weighted by Gasteiger charge is 2.38. The summed E-state index contributed by atoms with van der Waals surface area (Å²) in [4.78, 5) is 0.978. The van der Waals surface area contributed by atoms with Crippen LogP contribution in [0.1, 0.15) is 12.8 Å². The first kappa shape index (κ1) is 12.9. The van der Waals surface area contributed by atoms with Crippen molar-refractivity contribution in [3.8, 4) is 0 Å². The van der Waals surface area contributed by atoms with Gasteiger partial charge in [0.25, 0.3) is 0 Å². The fourth-order valence-corrected chi connectivity index (χ4v) is 3.15. The van der Waals surface area contributed by atoms with Gasteiger partial charge >= 0.3 is 0 Å². The highest BCUT2D eigenvalue weighted by Crippen LogP contribution is 2.42. The summed E-state index contributed by atoms with van der Waals surface area (Å²) in [7, 11) is 3.43. The van der Waals surface area contributed by atoms with Crippen LogP contribution in [0.25, 0.3) is 0 Å². The number of thioether (sulfide) groups is 1. The maximum absolute atomic E-state index is 5.72. The standard InChI is InChI=1S/C13H18O3S/c1-14-12-10-13(15-2,8-9-16-12)17-11-6-4-3-5-7-11/h3-7,12H,8-10H2,1-2H3. The van der Waals surface area contributed by atoms with Crippen molar-refractivity contribution < 1.29 is 14.2 Å². The molecule has 0 N–H and O–H groups in total. The zero-order valence-corrected chi connectivity index (χ0v) is 11.0. The van der Waals surface area contributed by atoms with Gasteiger partial charge in [-0.15, -0.1) is 0 Å². The fraction of sp³-hybridized carbons (Fsp3) is 0.538. The summed E-state index contributed by atoms with van der Waals surface area (Å²) in [6.07, 6.45) is 1.46. The number of methoxy groups -OCH3 is 2. The lowest BCUT2D eigenvalue weighted by atomic mass is 10.1. The molecule has 0 aromatic heterocycles. The van der Waals surface area contributed by atoms with E-state index in [9.17, 15) is 0 Å². The number of benzene rings is 1. The van der Waals surface area contributed by atoms with Crippen molar-refractivity contribution in [3.63, 3.8) is 0 Å². The average molecular weight is 254 g/mol. The van der Waals surface area contributed by atoms with Crippen LogP contribution in [0.15, 0.2) is 35.2 Å². The quantitative estimate of drug-likeness (QED) is 0.772. The molecule has 3 nitrogen and oxygen atoms in total. The lowest BCUT2D eigenvalue weighted by Crippen LogP contribution is -2.40. The molecule has 0 aliphatic carbocycles. The van der Waals surface area contributed by atoms with Crippen molar-refractivity contribution in [2.24, 2.45) is 0 Å². The van der Waals surface area contributed by atoms with Crippen molar-refractivity contribution in [1.29, 1.82) is 0 Å². The smallest absolute Gasteiger partial charge is 0.160 e. The summed E-state index contributed by atoms with van der Waals surface area (Å²) in [5, 5.41) is 0. The Kier molecular flexibility index (Phi) is 4.45. The number of hydrogen-bond acceptors (Lipinski definition) is 4. The summed E-state index contributed by atoms with van der Waals surface area (Å²) >= 11 is 1.75. The molecule has 2 unspecified atom stereocenters. The predicted molar refractivity (Wildman–Crippen MR) is 68.0 cm³/mol. The summed E-state index contributed by atoms with van der Waals surface area (Å²) in [5.74, 6) is 0. The zero-order valence-electron chi connectivity index (χ0n) is 10.2. The third kappa shape index (κ3) is 3.22. The second-order valence-corrected chi connectivity index (χ2v) is 5.44. The van der Waals surface area contributed by atoms with Crippen molar-refractivity contribution >= 4 is 11.8 Å². The molecule has 1 aliphatic heterocycles. The third-order valence-electron chi connectivity index (χ3n) is 2.95. The van der Waals surface area contributed by atoms with Gasteiger partial charge in [0.1, 0.15) is 4.93 Å². The second-order valence-electron chi connectivity index (χ2n) is 4.02. The van der Waals surface area contributed by atoms with E-state index >= 15 is 0 Å². The van der Waals surface area contributed by atoms with Crippen LogP contribution < -0.4 is 0 Å². The second kappa shape index (κ2) is 5.87. The maximum Gasteiger partial charge on any atom is 0.160 e. The molecule has 1 fully saturated rings. The molecule has 94 valence electrons. The minimum atomic E-state index is -0.236. The van der Waals surface area contributed by atoms with Gasteiger partial charge in [-0.1, -0.05) is 30.0 Å². The van der Waals surface area contributed by atoms with Gasteiger partial charge in [-0.2, -0.15) is 0 Å². The first-order valence-electron chi connectivity index (χ1n) is 5.71. The number of hydrogen-bond donors (Lipinski definition) is 0. The molecule has 0 spiro atoms. The molecule has 1 aromatic rings. The minimum Gasteiger partial charge on any atom is -0.367 e. The largest absolute Gasteiger partial charge is 0.367 e. The van der Waals surface area contributed by atoms with E-state index in [0.29, 0.717) is 6.61 Å².